The fourth-order valence-corrected chi connectivity index (χ4v) is 3.70. The van der Waals surface area contributed by atoms with Crippen LogP contribution in [-0.2, 0) is 4.74 Å². The summed E-state index contributed by atoms with van der Waals surface area (Å²) < 4.78 is 5.55. The molecule has 124 valence electrons. The number of hydrogen-bond donors (Lipinski definition) is 2. The lowest BCUT2D eigenvalue weighted by Gasteiger charge is -2.44. The van der Waals surface area contributed by atoms with Crippen LogP contribution in [0.25, 0.3) is 0 Å². The molecular weight excluding hydrogens is 266 g/mol. The van der Waals surface area contributed by atoms with Crippen LogP contribution in [0.4, 0.5) is 0 Å². The van der Waals surface area contributed by atoms with Crippen LogP contribution in [0, 0.1) is 5.41 Å². The first kappa shape index (κ1) is 17.2. The molecule has 0 radical (unpaired) electrons. The highest BCUT2D eigenvalue weighted by Gasteiger charge is 2.35. The van der Waals surface area contributed by atoms with E-state index in [-0.39, 0.29) is 0 Å². The number of nitrogens with one attached hydrogen (secondary N) is 1. The molecule has 5 nitrogen and oxygen atoms in total. The molecule has 0 bridgehead atoms. The van der Waals surface area contributed by atoms with E-state index in [1.54, 1.807) is 0 Å². The van der Waals surface area contributed by atoms with Gasteiger partial charge in [0.1, 0.15) is 0 Å². The van der Waals surface area contributed by atoms with Crippen LogP contribution < -0.4 is 5.32 Å². The second kappa shape index (κ2) is 7.38. The summed E-state index contributed by atoms with van der Waals surface area (Å²) in [5.41, 5.74) is -0.207. The average molecular weight is 299 g/mol. The van der Waals surface area contributed by atoms with Crippen molar-refractivity contribution in [2.24, 2.45) is 5.41 Å². The van der Waals surface area contributed by atoms with Crippen molar-refractivity contribution >= 4 is 0 Å². The maximum Gasteiger partial charge on any atom is 0.0718 e. The fraction of sp³-hybridized carbons (Fsp3) is 1.00. The highest BCUT2D eigenvalue weighted by molar-refractivity contribution is 4.88. The molecule has 0 aliphatic carbocycles. The lowest BCUT2D eigenvalue weighted by Crippen LogP contribution is -2.54. The molecule has 2 aliphatic rings. The third-order valence-corrected chi connectivity index (χ3v) is 4.74. The Morgan fingerprint density at radius 2 is 1.67 bits per heavy atom. The van der Waals surface area contributed by atoms with Crippen LogP contribution in [0.2, 0.25) is 0 Å². The minimum atomic E-state index is -0.587. The van der Waals surface area contributed by atoms with E-state index < -0.39 is 5.60 Å². The third-order valence-electron chi connectivity index (χ3n) is 4.74. The summed E-state index contributed by atoms with van der Waals surface area (Å²) in [6, 6.07) is 0. The maximum absolute atomic E-state index is 9.93. The Morgan fingerprint density at radius 3 is 2.19 bits per heavy atom. The second-order valence-corrected chi connectivity index (χ2v) is 7.51. The molecule has 21 heavy (non-hydrogen) atoms. The molecule has 0 unspecified atom stereocenters. The van der Waals surface area contributed by atoms with Gasteiger partial charge in [-0.05, 0) is 39.2 Å². The molecule has 2 rings (SSSR count). The molecule has 5 heteroatoms. The number of rotatable bonds is 6. The Labute approximate surface area is 129 Å². The molecule has 2 N–H and O–H groups in total. The Bertz CT molecular complexity index is 298. The SMILES string of the molecule is CNCC1(CN2CCN(CC(C)(C)O)CC2)CCOCC1. The van der Waals surface area contributed by atoms with Gasteiger partial charge in [0.05, 0.1) is 5.60 Å². The molecule has 0 aromatic carbocycles. The summed E-state index contributed by atoms with van der Waals surface area (Å²) in [6.45, 7) is 13.0. The minimum Gasteiger partial charge on any atom is -0.389 e. The Hall–Kier alpha value is -0.200. The molecular formula is C16H33N3O2. The Balaban J connectivity index is 1.81. The second-order valence-electron chi connectivity index (χ2n) is 7.51. The quantitative estimate of drug-likeness (QED) is 0.743. The van der Waals surface area contributed by atoms with Gasteiger partial charge in [-0.1, -0.05) is 0 Å². The van der Waals surface area contributed by atoms with Crippen molar-refractivity contribution in [3.8, 4) is 0 Å². The highest BCUT2D eigenvalue weighted by atomic mass is 16.5. The molecule has 2 fully saturated rings. The molecule has 0 amide bonds. The van der Waals surface area contributed by atoms with Gasteiger partial charge in [0, 0.05) is 59.0 Å². The van der Waals surface area contributed by atoms with Crippen LogP contribution >= 0.6 is 0 Å². The molecule has 0 saturated carbocycles. The van der Waals surface area contributed by atoms with Crippen LogP contribution in [0.15, 0.2) is 0 Å². The monoisotopic (exact) mass is 299 g/mol. The zero-order valence-electron chi connectivity index (χ0n) is 14.0. The number of β-amino-alcohol motifs (C(OH)–C–C–N with tert-alkyl or cyclic N) is 1. The summed E-state index contributed by atoms with van der Waals surface area (Å²) in [6.07, 6.45) is 2.33. The zero-order chi connectivity index (χ0) is 15.3. The average Bonchev–Trinajstić information content (AvgIpc) is 2.41. The van der Waals surface area contributed by atoms with Crippen molar-refractivity contribution in [1.29, 1.82) is 0 Å². The van der Waals surface area contributed by atoms with Gasteiger partial charge in [0.2, 0.25) is 0 Å². The van der Waals surface area contributed by atoms with Gasteiger partial charge in [-0.15, -0.1) is 0 Å². The van der Waals surface area contributed by atoms with Crippen molar-refractivity contribution < 1.29 is 9.84 Å². The first-order valence-corrected chi connectivity index (χ1v) is 8.32. The Kier molecular flexibility index (Phi) is 6.03. The van der Waals surface area contributed by atoms with E-state index in [4.69, 9.17) is 4.74 Å². The lowest BCUT2D eigenvalue weighted by atomic mass is 9.79. The third kappa shape index (κ3) is 5.49. The molecule has 0 aromatic heterocycles. The van der Waals surface area contributed by atoms with Gasteiger partial charge in [-0.3, -0.25) is 4.90 Å². The van der Waals surface area contributed by atoms with Gasteiger partial charge in [0.25, 0.3) is 0 Å². The number of aliphatic hydroxyl groups is 1. The standard InChI is InChI=1S/C16H33N3O2/c1-15(2,20)13-18-6-8-19(9-7-18)14-16(12-17-3)4-10-21-11-5-16/h17,20H,4-14H2,1-3H3. The van der Waals surface area contributed by atoms with E-state index in [1.807, 2.05) is 13.8 Å². The maximum atomic E-state index is 9.93. The summed E-state index contributed by atoms with van der Waals surface area (Å²) in [5.74, 6) is 0. The number of hydrogen-bond acceptors (Lipinski definition) is 5. The van der Waals surface area contributed by atoms with E-state index in [0.29, 0.717) is 5.41 Å². The molecule has 2 saturated heterocycles. The zero-order valence-corrected chi connectivity index (χ0v) is 14.0. The van der Waals surface area contributed by atoms with Crippen molar-refractivity contribution in [1.82, 2.24) is 15.1 Å². The summed E-state index contributed by atoms with van der Waals surface area (Å²) in [5, 5.41) is 13.3. The Morgan fingerprint density at radius 1 is 1.10 bits per heavy atom. The van der Waals surface area contributed by atoms with E-state index in [0.717, 1.165) is 65.3 Å². The predicted molar refractivity (Wildman–Crippen MR) is 85.6 cm³/mol. The number of ether oxygens (including phenoxy) is 1. The fourth-order valence-electron chi connectivity index (χ4n) is 3.70. The molecule has 0 atom stereocenters. The molecule has 2 heterocycles. The summed E-state index contributed by atoms with van der Waals surface area (Å²) >= 11 is 0. The van der Waals surface area contributed by atoms with E-state index >= 15 is 0 Å². The van der Waals surface area contributed by atoms with E-state index in [9.17, 15) is 5.11 Å². The predicted octanol–water partition coefficient (Wildman–Crippen LogP) is 0.391. The highest BCUT2D eigenvalue weighted by Crippen LogP contribution is 2.31. The van der Waals surface area contributed by atoms with E-state index in [1.165, 1.54) is 6.54 Å². The normalized spacial score (nSPS) is 25.1. The lowest BCUT2D eigenvalue weighted by molar-refractivity contribution is -0.0207. The van der Waals surface area contributed by atoms with Gasteiger partial charge >= 0.3 is 0 Å². The van der Waals surface area contributed by atoms with Crippen LogP contribution in [0.3, 0.4) is 0 Å². The first-order chi connectivity index (χ1) is 9.92. The van der Waals surface area contributed by atoms with Crippen LogP contribution in [0.1, 0.15) is 26.7 Å². The van der Waals surface area contributed by atoms with Crippen molar-refractivity contribution in [2.75, 3.05) is 66.1 Å². The minimum absolute atomic E-state index is 0.380. The topological polar surface area (TPSA) is 48.0 Å². The van der Waals surface area contributed by atoms with Gasteiger partial charge < -0.3 is 20.1 Å². The van der Waals surface area contributed by atoms with Gasteiger partial charge in [-0.2, -0.15) is 0 Å². The van der Waals surface area contributed by atoms with Crippen LogP contribution in [-0.4, -0.2) is 86.6 Å². The molecule has 0 spiro atoms. The van der Waals surface area contributed by atoms with Crippen molar-refractivity contribution in [3.63, 3.8) is 0 Å². The summed E-state index contributed by atoms with van der Waals surface area (Å²) in [4.78, 5) is 4.98. The van der Waals surface area contributed by atoms with Crippen molar-refractivity contribution in [3.05, 3.63) is 0 Å². The van der Waals surface area contributed by atoms with Gasteiger partial charge in [-0.25, -0.2) is 0 Å². The summed E-state index contributed by atoms with van der Waals surface area (Å²) in [7, 11) is 2.05. The molecule has 0 aromatic rings. The first-order valence-electron chi connectivity index (χ1n) is 8.32. The largest absolute Gasteiger partial charge is 0.389 e. The van der Waals surface area contributed by atoms with Gasteiger partial charge in [0.15, 0.2) is 0 Å². The number of piperazine rings is 1. The van der Waals surface area contributed by atoms with Crippen LogP contribution in [0.5, 0.6) is 0 Å². The number of nitrogens with zero attached hydrogens (tertiary/aromatic N) is 2. The molecule has 2 aliphatic heterocycles. The van der Waals surface area contributed by atoms with E-state index in [2.05, 4.69) is 22.2 Å². The smallest absolute Gasteiger partial charge is 0.0718 e. The van der Waals surface area contributed by atoms with Crippen molar-refractivity contribution in [2.45, 2.75) is 32.3 Å².